The van der Waals surface area contributed by atoms with Gasteiger partial charge in [0, 0.05) is 11.6 Å². The first kappa shape index (κ1) is 12.1. The molecule has 0 aliphatic rings. The van der Waals surface area contributed by atoms with E-state index in [1.54, 1.807) is 30.3 Å². The molecule has 0 bridgehead atoms. The van der Waals surface area contributed by atoms with Crippen molar-refractivity contribution in [2.24, 2.45) is 5.73 Å². The standard InChI is InChI=1S/C14H13FN2O/c1-9-7-12(5-6-13(9)14(16)17)18-11-4-2-3-10(15)8-11/h2-8H,1H3,(H3,16,17). The highest BCUT2D eigenvalue weighted by atomic mass is 19.1. The van der Waals surface area contributed by atoms with Crippen LogP contribution in [-0.2, 0) is 0 Å². The molecule has 4 heteroatoms. The minimum atomic E-state index is -0.343. The highest BCUT2D eigenvalue weighted by Crippen LogP contribution is 2.24. The largest absolute Gasteiger partial charge is 0.457 e. The SMILES string of the molecule is Cc1cc(Oc2cccc(F)c2)ccc1C(=N)N. The average Bonchev–Trinajstić information content (AvgIpc) is 2.28. The van der Waals surface area contributed by atoms with Gasteiger partial charge >= 0.3 is 0 Å². The minimum absolute atomic E-state index is 0.0183. The van der Waals surface area contributed by atoms with Crippen LogP contribution in [0.25, 0.3) is 0 Å². The van der Waals surface area contributed by atoms with Gasteiger partial charge < -0.3 is 10.5 Å². The molecule has 0 spiro atoms. The Kier molecular flexibility index (Phi) is 3.28. The molecule has 2 aromatic carbocycles. The van der Waals surface area contributed by atoms with Gasteiger partial charge in [-0.3, -0.25) is 5.41 Å². The van der Waals surface area contributed by atoms with Gasteiger partial charge in [-0.2, -0.15) is 0 Å². The predicted molar refractivity (Wildman–Crippen MR) is 68.7 cm³/mol. The molecule has 3 nitrogen and oxygen atoms in total. The van der Waals surface area contributed by atoms with Gasteiger partial charge in [-0.25, -0.2) is 4.39 Å². The van der Waals surface area contributed by atoms with Crippen LogP contribution < -0.4 is 10.5 Å². The Bertz CT molecular complexity index is 596. The Balaban J connectivity index is 2.25. The Labute approximate surface area is 105 Å². The highest BCUT2D eigenvalue weighted by Gasteiger charge is 2.04. The molecule has 0 saturated carbocycles. The van der Waals surface area contributed by atoms with Gasteiger partial charge in [-0.05, 0) is 42.8 Å². The first-order valence-electron chi connectivity index (χ1n) is 5.45. The fraction of sp³-hybridized carbons (Fsp3) is 0.0714. The number of aryl methyl sites for hydroxylation is 1. The number of halogens is 1. The summed E-state index contributed by atoms with van der Waals surface area (Å²) < 4.78 is 18.5. The summed E-state index contributed by atoms with van der Waals surface area (Å²) in [6.07, 6.45) is 0. The molecule has 2 rings (SSSR count). The Morgan fingerprint density at radius 3 is 2.50 bits per heavy atom. The van der Waals surface area contributed by atoms with Crippen LogP contribution in [0.2, 0.25) is 0 Å². The van der Waals surface area contributed by atoms with Gasteiger partial charge in [-0.15, -0.1) is 0 Å². The second-order valence-electron chi connectivity index (χ2n) is 3.95. The van der Waals surface area contributed by atoms with Crippen molar-refractivity contribution in [3.05, 3.63) is 59.4 Å². The summed E-state index contributed by atoms with van der Waals surface area (Å²) in [5, 5.41) is 7.38. The van der Waals surface area contributed by atoms with E-state index in [-0.39, 0.29) is 11.7 Å². The molecule has 18 heavy (non-hydrogen) atoms. The minimum Gasteiger partial charge on any atom is -0.457 e. The highest BCUT2D eigenvalue weighted by molar-refractivity contribution is 5.96. The fourth-order valence-electron chi connectivity index (χ4n) is 1.67. The summed E-state index contributed by atoms with van der Waals surface area (Å²) in [4.78, 5) is 0. The van der Waals surface area contributed by atoms with Crippen LogP contribution >= 0.6 is 0 Å². The lowest BCUT2D eigenvalue weighted by molar-refractivity contribution is 0.476. The van der Waals surface area contributed by atoms with Crippen molar-refractivity contribution in [1.82, 2.24) is 0 Å². The monoisotopic (exact) mass is 244 g/mol. The molecule has 92 valence electrons. The van der Waals surface area contributed by atoms with Crippen LogP contribution in [0.1, 0.15) is 11.1 Å². The molecule has 3 N–H and O–H groups in total. The van der Waals surface area contributed by atoms with Crippen molar-refractivity contribution in [3.63, 3.8) is 0 Å². The van der Waals surface area contributed by atoms with Crippen LogP contribution in [0.5, 0.6) is 11.5 Å². The van der Waals surface area contributed by atoms with E-state index in [1.807, 2.05) is 6.92 Å². The van der Waals surface area contributed by atoms with E-state index in [2.05, 4.69) is 0 Å². The van der Waals surface area contributed by atoms with Crippen molar-refractivity contribution in [2.75, 3.05) is 0 Å². The van der Waals surface area contributed by atoms with E-state index in [4.69, 9.17) is 15.9 Å². The maximum atomic E-state index is 13.0. The first-order chi connectivity index (χ1) is 8.56. The Morgan fingerprint density at radius 2 is 1.89 bits per heavy atom. The zero-order chi connectivity index (χ0) is 13.1. The molecule has 0 aromatic heterocycles. The molecule has 0 fully saturated rings. The third-order valence-corrected chi connectivity index (χ3v) is 2.52. The Hall–Kier alpha value is -2.36. The zero-order valence-electron chi connectivity index (χ0n) is 9.91. The van der Waals surface area contributed by atoms with Crippen LogP contribution in [0, 0.1) is 18.2 Å². The van der Waals surface area contributed by atoms with Gasteiger partial charge in [0.05, 0.1) is 0 Å². The van der Waals surface area contributed by atoms with Gasteiger partial charge in [0.25, 0.3) is 0 Å². The average molecular weight is 244 g/mol. The molecule has 0 heterocycles. The van der Waals surface area contributed by atoms with E-state index < -0.39 is 0 Å². The number of hydrogen-bond acceptors (Lipinski definition) is 2. The summed E-state index contributed by atoms with van der Waals surface area (Å²) in [6, 6.07) is 11.1. The third kappa shape index (κ3) is 2.66. The predicted octanol–water partition coefficient (Wildman–Crippen LogP) is 3.21. The molecule has 2 aromatic rings. The van der Waals surface area contributed by atoms with E-state index >= 15 is 0 Å². The van der Waals surface area contributed by atoms with Gasteiger partial charge in [0.1, 0.15) is 23.2 Å². The third-order valence-electron chi connectivity index (χ3n) is 2.52. The molecule has 0 unspecified atom stereocenters. The topological polar surface area (TPSA) is 59.1 Å². The van der Waals surface area contributed by atoms with E-state index in [0.29, 0.717) is 17.1 Å². The molecular formula is C14H13FN2O. The number of ether oxygens (including phenoxy) is 1. The Morgan fingerprint density at radius 1 is 1.17 bits per heavy atom. The fourth-order valence-corrected chi connectivity index (χ4v) is 1.67. The summed E-state index contributed by atoms with van der Waals surface area (Å²) in [6.45, 7) is 1.84. The van der Waals surface area contributed by atoms with E-state index in [1.165, 1.54) is 12.1 Å². The van der Waals surface area contributed by atoms with Crippen LogP contribution in [0.3, 0.4) is 0 Å². The zero-order valence-corrected chi connectivity index (χ0v) is 9.91. The molecule has 0 radical (unpaired) electrons. The van der Waals surface area contributed by atoms with Crippen molar-refractivity contribution in [3.8, 4) is 11.5 Å². The summed E-state index contributed by atoms with van der Waals surface area (Å²) in [7, 11) is 0. The van der Waals surface area contributed by atoms with Crippen molar-refractivity contribution < 1.29 is 9.13 Å². The number of benzene rings is 2. The van der Waals surface area contributed by atoms with E-state index in [9.17, 15) is 4.39 Å². The summed E-state index contributed by atoms with van der Waals surface area (Å²) >= 11 is 0. The van der Waals surface area contributed by atoms with E-state index in [0.717, 1.165) is 5.56 Å². The number of nitrogen functional groups attached to an aromatic ring is 1. The van der Waals surface area contributed by atoms with Gasteiger partial charge in [-0.1, -0.05) is 6.07 Å². The van der Waals surface area contributed by atoms with Crippen LogP contribution in [0.15, 0.2) is 42.5 Å². The first-order valence-corrected chi connectivity index (χ1v) is 5.45. The van der Waals surface area contributed by atoms with Crippen molar-refractivity contribution in [2.45, 2.75) is 6.92 Å². The van der Waals surface area contributed by atoms with Gasteiger partial charge in [0.2, 0.25) is 0 Å². The second-order valence-corrected chi connectivity index (χ2v) is 3.95. The molecular weight excluding hydrogens is 231 g/mol. The van der Waals surface area contributed by atoms with Gasteiger partial charge in [0.15, 0.2) is 0 Å². The van der Waals surface area contributed by atoms with Crippen molar-refractivity contribution in [1.29, 1.82) is 5.41 Å². The van der Waals surface area contributed by atoms with Crippen LogP contribution in [0.4, 0.5) is 4.39 Å². The van der Waals surface area contributed by atoms with Crippen LogP contribution in [-0.4, -0.2) is 5.84 Å². The number of nitrogens with two attached hydrogens (primary N) is 1. The smallest absolute Gasteiger partial charge is 0.130 e. The number of rotatable bonds is 3. The van der Waals surface area contributed by atoms with Crippen molar-refractivity contribution >= 4 is 5.84 Å². The summed E-state index contributed by atoms with van der Waals surface area (Å²) in [5.41, 5.74) is 6.94. The second kappa shape index (κ2) is 4.87. The lowest BCUT2D eigenvalue weighted by atomic mass is 10.1. The normalized spacial score (nSPS) is 10.1. The molecule has 0 amide bonds. The molecule has 0 aliphatic heterocycles. The number of nitrogens with one attached hydrogen (secondary N) is 1. The quantitative estimate of drug-likeness (QED) is 0.643. The molecule has 0 saturated heterocycles. The lowest BCUT2D eigenvalue weighted by Gasteiger charge is -2.09. The molecule has 0 aliphatic carbocycles. The number of amidine groups is 1. The maximum Gasteiger partial charge on any atom is 0.130 e. The maximum absolute atomic E-state index is 13.0. The molecule has 0 atom stereocenters. The summed E-state index contributed by atoms with van der Waals surface area (Å²) in [5.74, 6) is 0.697. The lowest BCUT2D eigenvalue weighted by Crippen LogP contribution is -2.12. The number of hydrogen-bond donors (Lipinski definition) is 2.